The smallest absolute Gasteiger partial charge is 0.362 e. The zero-order chi connectivity index (χ0) is 16.8. The van der Waals surface area contributed by atoms with Crippen LogP contribution in [0.3, 0.4) is 0 Å². The van der Waals surface area contributed by atoms with Crippen LogP contribution in [0.5, 0.6) is 5.75 Å². The van der Waals surface area contributed by atoms with Gasteiger partial charge in [-0.1, -0.05) is 23.7 Å². The first-order chi connectivity index (χ1) is 11.1. The lowest BCUT2D eigenvalue weighted by atomic mass is 10.3. The summed E-state index contributed by atoms with van der Waals surface area (Å²) in [6.07, 6.45) is 0. The van der Waals surface area contributed by atoms with Crippen molar-refractivity contribution < 1.29 is 14.3 Å². The second-order valence-electron chi connectivity index (χ2n) is 4.23. The quantitative estimate of drug-likeness (QED) is 0.776. The van der Waals surface area contributed by atoms with E-state index in [0.717, 1.165) is 10.7 Å². The van der Waals surface area contributed by atoms with Crippen LogP contribution in [0.2, 0.25) is 5.02 Å². The van der Waals surface area contributed by atoms with Gasteiger partial charge in [-0.3, -0.25) is 4.79 Å². The van der Waals surface area contributed by atoms with Gasteiger partial charge in [0.1, 0.15) is 6.07 Å². The summed E-state index contributed by atoms with van der Waals surface area (Å²) in [6.45, 7) is 1.44. The molecule has 1 aromatic heterocycles. The van der Waals surface area contributed by atoms with Crippen LogP contribution >= 0.6 is 11.6 Å². The van der Waals surface area contributed by atoms with Crippen molar-refractivity contribution >= 4 is 17.6 Å². The van der Waals surface area contributed by atoms with Gasteiger partial charge in [-0.05, 0) is 19.1 Å². The number of carbonyl (C=O) groups excluding carboxylic acids is 1. The predicted molar refractivity (Wildman–Crippen MR) is 81.9 cm³/mol. The van der Waals surface area contributed by atoms with Crippen molar-refractivity contribution in [3.63, 3.8) is 0 Å². The number of hydrogen-bond acceptors (Lipinski definition) is 6. The largest absolute Gasteiger partial charge is 0.476 e. The van der Waals surface area contributed by atoms with E-state index >= 15 is 0 Å². The van der Waals surface area contributed by atoms with Gasteiger partial charge in [-0.15, -0.1) is 0 Å². The van der Waals surface area contributed by atoms with E-state index in [2.05, 4.69) is 5.10 Å². The Morgan fingerprint density at radius 1 is 1.43 bits per heavy atom. The van der Waals surface area contributed by atoms with E-state index in [0.29, 0.717) is 10.7 Å². The molecular weight excluding hydrogens is 322 g/mol. The molecule has 1 heterocycles. The van der Waals surface area contributed by atoms with Crippen molar-refractivity contribution in [1.29, 1.82) is 5.26 Å². The van der Waals surface area contributed by atoms with Gasteiger partial charge in [-0.25, -0.2) is 4.79 Å². The van der Waals surface area contributed by atoms with Crippen LogP contribution in [0.25, 0.3) is 5.69 Å². The molecule has 0 unspecified atom stereocenters. The number of nitriles is 1. The molecule has 8 heteroatoms. The zero-order valence-corrected chi connectivity index (χ0v) is 12.9. The fourth-order valence-corrected chi connectivity index (χ4v) is 2.01. The topological polar surface area (TPSA) is 94.2 Å². The Hall–Kier alpha value is -2.85. The van der Waals surface area contributed by atoms with Crippen LogP contribution in [0.1, 0.15) is 17.4 Å². The van der Waals surface area contributed by atoms with E-state index in [1.54, 1.807) is 37.3 Å². The minimum atomic E-state index is -0.763. The maximum Gasteiger partial charge on any atom is 0.362 e. The Morgan fingerprint density at radius 3 is 2.83 bits per heavy atom. The summed E-state index contributed by atoms with van der Waals surface area (Å²) < 4.78 is 11.0. The van der Waals surface area contributed by atoms with E-state index < -0.39 is 11.5 Å². The monoisotopic (exact) mass is 333 g/mol. The maximum atomic E-state index is 12.2. The van der Waals surface area contributed by atoms with Crippen LogP contribution in [-0.4, -0.2) is 29.0 Å². The third-order valence-corrected chi connectivity index (χ3v) is 3.06. The van der Waals surface area contributed by atoms with Gasteiger partial charge in [0.05, 0.1) is 23.4 Å². The van der Waals surface area contributed by atoms with E-state index in [1.807, 2.05) is 0 Å². The first kappa shape index (κ1) is 16.5. The number of hydrogen-bond donors (Lipinski definition) is 0. The Bertz CT molecular complexity index is 826. The average Bonchev–Trinajstić information content (AvgIpc) is 2.54. The standard InChI is InChI=1S/C15H12ClN3O4/c1-2-22-15(21)14-12(23-8-7-17)9-13(20)19(18-14)11-6-4-3-5-10(11)16/h3-6,9H,2,8H2,1H3. The minimum Gasteiger partial charge on any atom is -0.476 e. The molecule has 0 aliphatic rings. The summed E-state index contributed by atoms with van der Waals surface area (Å²) >= 11 is 6.06. The van der Waals surface area contributed by atoms with Crippen molar-refractivity contribution in [3.05, 3.63) is 51.4 Å². The van der Waals surface area contributed by atoms with Gasteiger partial charge >= 0.3 is 5.97 Å². The van der Waals surface area contributed by atoms with Crippen LogP contribution in [0.4, 0.5) is 0 Å². The lowest BCUT2D eigenvalue weighted by molar-refractivity contribution is 0.0512. The molecular formula is C15H12ClN3O4. The number of ether oxygens (including phenoxy) is 2. The molecule has 0 saturated carbocycles. The number of benzene rings is 1. The van der Waals surface area contributed by atoms with Crippen molar-refractivity contribution in [3.8, 4) is 17.5 Å². The van der Waals surface area contributed by atoms with Gasteiger partial charge in [0.15, 0.2) is 12.4 Å². The molecule has 2 rings (SSSR count). The Labute approximate surface area is 136 Å². The number of para-hydroxylation sites is 1. The highest BCUT2D eigenvalue weighted by molar-refractivity contribution is 6.32. The van der Waals surface area contributed by atoms with Crippen molar-refractivity contribution in [2.24, 2.45) is 0 Å². The summed E-state index contributed by atoms with van der Waals surface area (Å²) in [4.78, 5) is 24.2. The first-order valence-corrected chi connectivity index (χ1v) is 7.02. The van der Waals surface area contributed by atoms with Crippen molar-refractivity contribution in [2.75, 3.05) is 13.2 Å². The van der Waals surface area contributed by atoms with Crippen LogP contribution < -0.4 is 10.3 Å². The molecule has 0 atom stereocenters. The van der Waals surface area contributed by atoms with Crippen LogP contribution in [0, 0.1) is 11.3 Å². The Morgan fingerprint density at radius 2 is 2.17 bits per heavy atom. The van der Waals surface area contributed by atoms with Gasteiger partial charge in [0.2, 0.25) is 5.69 Å². The van der Waals surface area contributed by atoms with Crippen molar-refractivity contribution in [1.82, 2.24) is 9.78 Å². The number of esters is 1. The van der Waals surface area contributed by atoms with E-state index in [9.17, 15) is 9.59 Å². The van der Waals surface area contributed by atoms with Crippen LogP contribution in [0.15, 0.2) is 35.1 Å². The molecule has 1 aromatic carbocycles. The summed E-state index contributed by atoms with van der Waals surface area (Å²) in [5.41, 5.74) is -0.447. The number of halogens is 1. The fourth-order valence-electron chi connectivity index (χ4n) is 1.80. The molecule has 0 fully saturated rings. The molecule has 0 spiro atoms. The summed E-state index contributed by atoms with van der Waals surface area (Å²) in [6, 6.07) is 9.39. The molecule has 0 aliphatic carbocycles. The number of aromatic nitrogens is 2. The molecule has 0 amide bonds. The lowest BCUT2D eigenvalue weighted by Crippen LogP contribution is -2.25. The maximum absolute atomic E-state index is 12.2. The van der Waals surface area contributed by atoms with Gasteiger partial charge < -0.3 is 9.47 Å². The summed E-state index contributed by atoms with van der Waals surface area (Å²) in [7, 11) is 0. The molecule has 23 heavy (non-hydrogen) atoms. The van der Waals surface area contributed by atoms with E-state index in [4.69, 9.17) is 26.3 Å². The van der Waals surface area contributed by atoms with Gasteiger partial charge in [0, 0.05) is 0 Å². The SMILES string of the molecule is CCOC(=O)c1nn(-c2ccccc2Cl)c(=O)cc1OCC#N. The van der Waals surface area contributed by atoms with Gasteiger partial charge in [-0.2, -0.15) is 15.0 Å². The molecule has 2 aromatic rings. The minimum absolute atomic E-state index is 0.113. The lowest BCUT2D eigenvalue weighted by Gasteiger charge is -2.11. The molecule has 0 bridgehead atoms. The van der Waals surface area contributed by atoms with Crippen LogP contribution in [-0.2, 0) is 4.74 Å². The second-order valence-corrected chi connectivity index (χ2v) is 4.63. The molecule has 0 N–H and O–H groups in total. The molecule has 0 saturated heterocycles. The fraction of sp³-hybridized carbons (Fsp3) is 0.200. The average molecular weight is 334 g/mol. The summed E-state index contributed by atoms with van der Waals surface area (Å²) in [5, 5.41) is 12.9. The predicted octanol–water partition coefficient (Wildman–Crippen LogP) is 1.96. The summed E-state index contributed by atoms with van der Waals surface area (Å²) in [5.74, 6) is -0.875. The molecule has 0 radical (unpaired) electrons. The molecule has 0 aliphatic heterocycles. The Kier molecular flexibility index (Phi) is 5.33. The normalized spacial score (nSPS) is 9.96. The highest BCUT2D eigenvalue weighted by Crippen LogP contribution is 2.20. The van der Waals surface area contributed by atoms with E-state index in [1.165, 1.54) is 0 Å². The van der Waals surface area contributed by atoms with Crippen molar-refractivity contribution in [2.45, 2.75) is 6.92 Å². The second kappa shape index (κ2) is 7.42. The number of rotatable bonds is 5. The third-order valence-electron chi connectivity index (χ3n) is 2.74. The number of nitrogens with zero attached hydrogens (tertiary/aromatic N) is 3. The first-order valence-electron chi connectivity index (χ1n) is 6.64. The zero-order valence-electron chi connectivity index (χ0n) is 12.2. The molecule has 118 valence electrons. The number of carbonyl (C=O) groups is 1. The van der Waals surface area contributed by atoms with E-state index in [-0.39, 0.29) is 24.7 Å². The highest BCUT2D eigenvalue weighted by atomic mass is 35.5. The molecule has 7 nitrogen and oxygen atoms in total. The third kappa shape index (κ3) is 3.67. The van der Waals surface area contributed by atoms with Gasteiger partial charge in [0.25, 0.3) is 5.56 Å². The highest BCUT2D eigenvalue weighted by Gasteiger charge is 2.20. The Balaban J connectivity index is 2.60.